The van der Waals surface area contributed by atoms with E-state index in [9.17, 15) is 13.2 Å². The van der Waals surface area contributed by atoms with Gasteiger partial charge in [0.1, 0.15) is 0 Å². The van der Waals surface area contributed by atoms with Gasteiger partial charge in [-0.3, -0.25) is 4.79 Å². The van der Waals surface area contributed by atoms with Crippen molar-refractivity contribution in [1.82, 2.24) is 14.5 Å². The van der Waals surface area contributed by atoms with Gasteiger partial charge in [-0.2, -0.15) is 5.10 Å². The van der Waals surface area contributed by atoms with Gasteiger partial charge >= 0.3 is 0 Å². The summed E-state index contributed by atoms with van der Waals surface area (Å²) in [5, 5.41) is 4.36. The Hall–Kier alpha value is -1.99. The fraction of sp³-hybridized carbons (Fsp3) is 0.474. The van der Waals surface area contributed by atoms with Crippen molar-refractivity contribution in [3.8, 4) is 0 Å². The number of hydrogen-bond donors (Lipinski definition) is 1. The lowest BCUT2D eigenvalue weighted by molar-refractivity contribution is 0.540. The van der Waals surface area contributed by atoms with Gasteiger partial charge in [0.2, 0.25) is 10.0 Å². The van der Waals surface area contributed by atoms with E-state index in [1.54, 1.807) is 6.07 Å². The van der Waals surface area contributed by atoms with E-state index < -0.39 is 10.0 Å². The lowest BCUT2D eigenvalue weighted by Gasteiger charge is -2.16. The summed E-state index contributed by atoms with van der Waals surface area (Å²) in [6.45, 7) is 7.79. The predicted octanol–water partition coefficient (Wildman–Crippen LogP) is 2.33. The van der Waals surface area contributed by atoms with E-state index in [4.69, 9.17) is 0 Å². The molecule has 1 saturated carbocycles. The molecule has 0 amide bonds. The van der Waals surface area contributed by atoms with Gasteiger partial charge < -0.3 is 0 Å². The molecule has 1 aromatic carbocycles. The van der Waals surface area contributed by atoms with Gasteiger partial charge in [0.05, 0.1) is 17.1 Å². The van der Waals surface area contributed by atoms with E-state index in [-0.39, 0.29) is 18.6 Å². The van der Waals surface area contributed by atoms with Crippen molar-refractivity contribution in [2.24, 2.45) is 0 Å². The van der Waals surface area contributed by atoms with Gasteiger partial charge in [0, 0.05) is 18.5 Å². The molecule has 1 aliphatic carbocycles. The summed E-state index contributed by atoms with van der Waals surface area (Å²) in [4.78, 5) is 12.3. The Balaban J connectivity index is 1.78. The van der Waals surface area contributed by atoms with Gasteiger partial charge in [-0.05, 0) is 68.9 Å². The first-order chi connectivity index (χ1) is 12.2. The zero-order chi connectivity index (χ0) is 19.1. The van der Waals surface area contributed by atoms with E-state index in [2.05, 4.69) is 9.82 Å². The summed E-state index contributed by atoms with van der Waals surface area (Å²) >= 11 is 0. The number of sulfonamides is 1. The minimum atomic E-state index is -3.66. The molecule has 1 aromatic heterocycles. The van der Waals surface area contributed by atoms with Crippen LogP contribution in [0.5, 0.6) is 0 Å². The first-order valence-corrected chi connectivity index (χ1v) is 10.3. The molecule has 0 saturated heterocycles. The third-order valence-electron chi connectivity index (χ3n) is 5.06. The number of rotatable bonds is 6. The Kier molecular flexibility index (Phi) is 5.03. The Morgan fingerprint density at radius 1 is 1.12 bits per heavy atom. The van der Waals surface area contributed by atoms with Gasteiger partial charge in [0.25, 0.3) is 5.56 Å². The maximum Gasteiger partial charge on any atom is 0.266 e. The molecule has 0 spiro atoms. The first-order valence-electron chi connectivity index (χ1n) is 8.86. The number of hydrogen-bond acceptors (Lipinski definition) is 4. The van der Waals surface area contributed by atoms with Crippen molar-refractivity contribution in [3.63, 3.8) is 0 Å². The summed E-state index contributed by atoms with van der Waals surface area (Å²) in [7, 11) is -3.66. The Labute approximate surface area is 154 Å². The number of aryl methyl sites for hydroxylation is 2. The molecule has 0 unspecified atom stereocenters. The van der Waals surface area contributed by atoms with Gasteiger partial charge in [-0.15, -0.1) is 0 Å². The molecule has 1 aliphatic rings. The standard InChI is InChI=1S/C19H25N3O3S/c1-12-11-13(2)15(4)19(14(12)3)26(24,25)20-9-10-22-18(23)8-7-17(21-22)16-5-6-16/h7-8,11,16,20H,5-6,9-10H2,1-4H3. The molecule has 1 heterocycles. The predicted molar refractivity (Wildman–Crippen MR) is 101 cm³/mol. The number of benzene rings is 1. The maximum atomic E-state index is 12.8. The Morgan fingerprint density at radius 3 is 2.31 bits per heavy atom. The van der Waals surface area contributed by atoms with Crippen LogP contribution in [0.15, 0.2) is 27.9 Å². The number of nitrogens with one attached hydrogen (secondary N) is 1. The fourth-order valence-corrected chi connectivity index (χ4v) is 4.80. The number of nitrogens with zero attached hydrogens (tertiary/aromatic N) is 2. The molecule has 0 bridgehead atoms. The maximum absolute atomic E-state index is 12.8. The van der Waals surface area contributed by atoms with Crippen molar-refractivity contribution in [3.05, 3.63) is 56.5 Å². The van der Waals surface area contributed by atoms with Crippen LogP contribution < -0.4 is 10.3 Å². The molecule has 3 rings (SSSR count). The summed E-state index contributed by atoms with van der Waals surface area (Å²) in [6, 6.07) is 5.27. The van der Waals surface area contributed by atoms with Gasteiger partial charge in [0.15, 0.2) is 0 Å². The smallest absolute Gasteiger partial charge is 0.266 e. The van der Waals surface area contributed by atoms with E-state index in [0.717, 1.165) is 40.8 Å². The molecule has 2 aromatic rings. The highest BCUT2D eigenvalue weighted by molar-refractivity contribution is 7.89. The molecule has 26 heavy (non-hydrogen) atoms. The third-order valence-corrected chi connectivity index (χ3v) is 6.80. The second kappa shape index (κ2) is 6.96. The lowest BCUT2D eigenvalue weighted by Crippen LogP contribution is -2.33. The van der Waals surface area contributed by atoms with Crippen LogP contribution in [0.25, 0.3) is 0 Å². The van der Waals surface area contributed by atoms with E-state index in [1.165, 1.54) is 10.7 Å². The van der Waals surface area contributed by atoms with Crippen molar-refractivity contribution >= 4 is 10.0 Å². The molecule has 1 N–H and O–H groups in total. The van der Waals surface area contributed by atoms with Crippen molar-refractivity contribution in [1.29, 1.82) is 0 Å². The summed E-state index contributed by atoms with van der Waals surface area (Å²) < 4.78 is 29.6. The normalized spacial score (nSPS) is 14.6. The van der Waals surface area contributed by atoms with Crippen molar-refractivity contribution in [2.45, 2.75) is 57.9 Å². The van der Waals surface area contributed by atoms with E-state index >= 15 is 0 Å². The largest absolute Gasteiger partial charge is 0.268 e. The number of aromatic nitrogens is 2. The monoisotopic (exact) mass is 375 g/mol. The summed E-state index contributed by atoms with van der Waals surface area (Å²) in [5.41, 5.74) is 4.10. The highest BCUT2D eigenvalue weighted by Gasteiger charge is 2.26. The quantitative estimate of drug-likeness (QED) is 0.840. The average Bonchev–Trinajstić information content (AvgIpc) is 3.39. The summed E-state index contributed by atoms with van der Waals surface area (Å²) in [5.74, 6) is 0.444. The molecule has 6 nitrogen and oxygen atoms in total. The van der Waals surface area contributed by atoms with Gasteiger partial charge in [-0.1, -0.05) is 6.07 Å². The second-order valence-electron chi connectivity index (χ2n) is 7.08. The lowest BCUT2D eigenvalue weighted by atomic mass is 10.0. The van der Waals surface area contributed by atoms with Crippen LogP contribution in [0.4, 0.5) is 0 Å². The molecule has 0 radical (unpaired) electrons. The molecular formula is C19H25N3O3S. The third kappa shape index (κ3) is 3.73. The first kappa shape index (κ1) is 18.8. The molecule has 1 fully saturated rings. The zero-order valence-electron chi connectivity index (χ0n) is 15.7. The van der Waals surface area contributed by atoms with Crippen molar-refractivity contribution in [2.75, 3.05) is 6.54 Å². The zero-order valence-corrected chi connectivity index (χ0v) is 16.5. The minimum absolute atomic E-state index is 0.120. The van der Waals surface area contributed by atoms with Crippen LogP contribution >= 0.6 is 0 Å². The molecule has 140 valence electrons. The van der Waals surface area contributed by atoms with Crippen LogP contribution in [0.1, 0.15) is 46.7 Å². The summed E-state index contributed by atoms with van der Waals surface area (Å²) in [6.07, 6.45) is 2.20. The van der Waals surface area contributed by atoms with Crippen LogP contribution in [-0.2, 0) is 16.6 Å². The van der Waals surface area contributed by atoms with Crippen LogP contribution in [0, 0.1) is 27.7 Å². The average molecular weight is 375 g/mol. The SMILES string of the molecule is Cc1cc(C)c(C)c(S(=O)(=O)NCCn2nc(C3CC3)ccc2=O)c1C. The highest BCUT2D eigenvalue weighted by atomic mass is 32.2. The van der Waals surface area contributed by atoms with Crippen LogP contribution in [0.3, 0.4) is 0 Å². The van der Waals surface area contributed by atoms with E-state index in [1.807, 2.05) is 33.8 Å². The van der Waals surface area contributed by atoms with E-state index in [0.29, 0.717) is 10.8 Å². The molecule has 7 heteroatoms. The van der Waals surface area contributed by atoms with Crippen LogP contribution in [0.2, 0.25) is 0 Å². The second-order valence-corrected chi connectivity index (χ2v) is 8.78. The fourth-order valence-electron chi connectivity index (χ4n) is 3.16. The molecular weight excluding hydrogens is 350 g/mol. The highest BCUT2D eigenvalue weighted by Crippen LogP contribution is 2.38. The minimum Gasteiger partial charge on any atom is -0.268 e. The topological polar surface area (TPSA) is 81.1 Å². The van der Waals surface area contributed by atoms with Gasteiger partial charge in [-0.25, -0.2) is 17.8 Å². The molecule has 0 aliphatic heterocycles. The van der Waals surface area contributed by atoms with Crippen molar-refractivity contribution < 1.29 is 8.42 Å². The molecule has 0 atom stereocenters. The van der Waals surface area contributed by atoms with Crippen LogP contribution in [-0.4, -0.2) is 24.7 Å². The Bertz CT molecular complexity index is 979. The Morgan fingerprint density at radius 2 is 1.73 bits per heavy atom.